The quantitative estimate of drug-likeness (QED) is 0.863. The van der Waals surface area contributed by atoms with Crippen LogP contribution < -0.4 is 11.0 Å². The topological polar surface area (TPSA) is 70.1 Å². The maximum Gasteiger partial charge on any atom is 0.325 e. The van der Waals surface area contributed by atoms with Crippen LogP contribution in [0, 0.1) is 5.82 Å². The number of nitrogens with one attached hydrogen (secondary N) is 2. The Bertz CT molecular complexity index is 707. The van der Waals surface area contributed by atoms with Crippen molar-refractivity contribution < 1.29 is 9.18 Å². The van der Waals surface area contributed by atoms with Gasteiger partial charge >= 0.3 is 5.69 Å². The van der Waals surface area contributed by atoms with Crippen molar-refractivity contribution in [1.29, 1.82) is 0 Å². The predicted molar refractivity (Wildman–Crippen MR) is 78.8 cm³/mol. The Kier molecular flexibility index (Phi) is 4.06. The van der Waals surface area contributed by atoms with Crippen molar-refractivity contribution in [2.45, 2.75) is 12.6 Å². The summed E-state index contributed by atoms with van der Waals surface area (Å²) in [6.45, 7) is 2.31. The zero-order valence-electron chi connectivity index (χ0n) is 12.0. The molecule has 1 aromatic heterocycles. The molecule has 0 bridgehead atoms. The molecule has 1 aliphatic rings. The standard InChI is InChI=1S/C15H17FN4O2/c16-12-3-1-11(2-4-12)13-14(21)17-5-7-19(13)9-10-20-8-6-18-15(20)22/h1-4,6,8,13H,5,7,9-10H2,(H,17,21)(H,18,22)/t13-/m1/s1. The van der Waals surface area contributed by atoms with Crippen LogP contribution >= 0.6 is 0 Å². The minimum Gasteiger partial charge on any atom is -0.353 e. The Balaban J connectivity index is 1.78. The van der Waals surface area contributed by atoms with Gasteiger partial charge in [-0.05, 0) is 17.7 Å². The van der Waals surface area contributed by atoms with E-state index in [4.69, 9.17) is 0 Å². The summed E-state index contributed by atoms with van der Waals surface area (Å²) >= 11 is 0. The van der Waals surface area contributed by atoms with Gasteiger partial charge < -0.3 is 10.3 Å². The van der Waals surface area contributed by atoms with Crippen molar-refractivity contribution in [1.82, 2.24) is 19.8 Å². The van der Waals surface area contributed by atoms with Crippen LogP contribution in [0.5, 0.6) is 0 Å². The van der Waals surface area contributed by atoms with E-state index in [9.17, 15) is 14.0 Å². The van der Waals surface area contributed by atoms with Crippen molar-refractivity contribution in [2.24, 2.45) is 0 Å². The number of carbonyl (C=O) groups is 1. The van der Waals surface area contributed by atoms with Crippen LogP contribution in [0.25, 0.3) is 0 Å². The first kappa shape index (κ1) is 14.5. The van der Waals surface area contributed by atoms with Gasteiger partial charge in [-0.15, -0.1) is 0 Å². The minimum atomic E-state index is -0.455. The Morgan fingerprint density at radius 3 is 2.64 bits per heavy atom. The smallest absolute Gasteiger partial charge is 0.325 e. The maximum atomic E-state index is 13.1. The largest absolute Gasteiger partial charge is 0.353 e. The highest BCUT2D eigenvalue weighted by molar-refractivity contribution is 5.83. The lowest BCUT2D eigenvalue weighted by Crippen LogP contribution is -2.50. The third kappa shape index (κ3) is 2.94. The molecule has 1 aliphatic heterocycles. The lowest BCUT2D eigenvalue weighted by molar-refractivity contribution is -0.129. The first-order chi connectivity index (χ1) is 10.6. The Morgan fingerprint density at radius 2 is 1.95 bits per heavy atom. The van der Waals surface area contributed by atoms with E-state index in [1.165, 1.54) is 12.1 Å². The first-order valence-corrected chi connectivity index (χ1v) is 7.16. The molecule has 0 spiro atoms. The summed E-state index contributed by atoms with van der Waals surface area (Å²) in [5.74, 6) is -0.426. The molecule has 1 saturated heterocycles. The zero-order chi connectivity index (χ0) is 15.5. The summed E-state index contributed by atoms with van der Waals surface area (Å²) in [7, 11) is 0. The van der Waals surface area contributed by atoms with E-state index in [1.54, 1.807) is 29.1 Å². The number of H-pyrrole nitrogens is 1. The van der Waals surface area contributed by atoms with Gasteiger partial charge in [-0.3, -0.25) is 14.3 Å². The van der Waals surface area contributed by atoms with E-state index in [0.29, 0.717) is 26.2 Å². The van der Waals surface area contributed by atoms with Gasteiger partial charge in [-0.25, -0.2) is 9.18 Å². The molecule has 1 fully saturated rings. The lowest BCUT2D eigenvalue weighted by atomic mass is 10.0. The van der Waals surface area contributed by atoms with E-state index in [-0.39, 0.29) is 17.4 Å². The number of hydrogen-bond acceptors (Lipinski definition) is 3. The number of imidazole rings is 1. The van der Waals surface area contributed by atoms with Crippen LogP contribution in [0.3, 0.4) is 0 Å². The average Bonchev–Trinajstić information content (AvgIpc) is 2.92. The van der Waals surface area contributed by atoms with Gasteiger partial charge in [0, 0.05) is 38.6 Å². The number of aromatic amines is 1. The molecule has 116 valence electrons. The van der Waals surface area contributed by atoms with Crippen molar-refractivity contribution in [3.8, 4) is 0 Å². The number of hydrogen-bond donors (Lipinski definition) is 2. The molecule has 0 saturated carbocycles. The van der Waals surface area contributed by atoms with Crippen LogP contribution in [0.4, 0.5) is 4.39 Å². The van der Waals surface area contributed by atoms with Crippen LogP contribution in [0.1, 0.15) is 11.6 Å². The van der Waals surface area contributed by atoms with Gasteiger partial charge in [0.1, 0.15) is 11.9 Å². The summed E-state index contributed by atoms with van der Waals surface area (Å²) in [5, 5.41) is 2.83. The van der Waals surface area contributed by atoms with Crippen LogP contribution in [-0.4, -0.2) is 40.0 Å². The summed E-state index contributed by atoms with van der Waals surface area (Å²) in [5.41, 5.74) is 0.583. The van der Waals surface area contributed by atoms with E-state index < -0.39 is 6.04 Å². The van der Waals surface area contributed by atoms with Gasteiger partial charge in [0.05, 0.1) is 0 Å². The van der Waals surface area contributed by atoms with Gasteiger partial charge in [-0.1, -0.05) is 12.1 Å². The van der Waals surface area contributed by atoms with Crippen LogP contribution in [-0.2, 0) is 11.3 Å². The second-order valence-corrected chi connectivity index (χ2v) is 5.24. The second kappa shape index (κ2) is 6.15. The SMILES string of the molecule is O=C1NCCN(CCn2cc[nH]c2=O)[C@@H]1c1ccc(F)cc1. The summed E-state index contributed by atoms with van der Waals surface area (Å²) in [4.78, 5) is 28.3. The maximum absolute atomic E-state index is 13.1. The number of aromatic nitrogens is 2. The van der Waals surface area contributed by atoms with E-state index in [0.717, 1.165) is 5.56 Å². The lowest BCUT2D eigenvalue weighted by Gasteiger charge is -2.35. The first-order valence-electron chi connectivity index (χ1n) is 7.16. The predicted octanol–water partition coefficient (Wildman–Crippen LogP) is 0.489. The molecule has 1 aromatic carbocycles. The number of benzene rings is 1. The molecule has 0 aliphatic carbocycles. The van der Waals surface area contributed by atoms with Crippen LogP contribution in [0.2, 0.25) is 0 Å². The third-order valence-corrected chi connectivity index (χ3v) is 3.85. The number of nitrogens with zero attached hydrogens (tertiary/aromatic N) is 2. The summed E-state index contributed by atoms with van der Waals surface area (Å²) in [6.07, 6.45) is 3.27. The summed E-state index contributed by atoms with van der Waals surface area (Å²) in [6, 6.07) is 5.50. The molecular formula is C15H17FN4O2. The van der Waals surface area contributed by atoms with Gasteiger partial charge in [0.15, 0.2) is 0 Å². The molecule has 0 unspecified atom stereocenters. The Morgan fingerprint density at radius 1 is 1.18 bits per heavy atom. The van der Waals surface area contributed by atoms with E-state index in [2.05, 4.69) is 10.3 Å². The molecule has 0 radical (unpaired) electrons. The summed E-state index contributed by atoms with van der Waals surface area (Å²) < 4.78 is 14.6. The second-order valence-electron chi connectivity index (χ2n) is 5.24. The monoisotopic (exact) mass is 304 g/mol. The number of halogens is 1. The van der Waals surface area contributed by atoms with Crippen molar-refractivity contribution in [3.63, 3.8) is 0 Å². The Labute approximate surface area is 126 Å². The number of carbonyl (C=O) groups excluding carboxylic acids is 1. The molecule has 22 heavy (non-hydrogen) atoms. The number of piperazine rings is 1. The van der Waals surface area contributed by atoms with Gasteiger partial charge in [0.2, 0.25) is 5.91 Å². The van der Waals surface area contributed by atoms with Crippen molar-refractivity contribution in [3.05, 3.63) is 58.5 Å². The molecule has 2 N–H and O–H groups in total. The molecule has 1 amide bonds. The van der Waals surface area contributed by atoms with Gasteiger partial charge in [0.25, 0.3) is 0 Å². The number of amides is 1. The average molecular weight is 304 g/mol. The molecule has 2 heterocycles. The molecule has 2 aromatic rings. The molecular weight excluding hydrogens is 287 g/mol. The van der Waals surface area contributed by atoms with Crippen molar-refractivity contribution in [2.75, 3.05) is 19.6 Å². The molecule has 7 heteroatoms. The fraction of sp³-hybridized carbons (Fsp3) is 0.333. The van der Waals surface area contributed by atoms with E-state index in [1.807, 2.05) is 4.90 Å². The minimum absolute atomic E-state index is 0.0979. The highest BCUT2D eigenvalue weighted by Gasteiger charge is 2.30. The highest BCUT2D eigenvalue weighted by atomic mass is 19.1. The zero-order valence-corrected chi connectivity index (χ0v) is 12.0. The molecule has 1 atom stereocenters. The van der Waals surface area contributed by atoms with Crippen LogP contribution in [0.15, 0.2) is 41.5 Å². The highest BCUT2D eigenvalue weighted by Crippen LogP contribution is 2.23. The normalized spacial score (nSPS) is 19.1. The van der Waals surface area contributed by atoms with E-state index >= 15 is 0 Å². The third-order valence-electron chi connectivity index (χ3n) is 3.85. The fourth-order valence-corrected chi connectivity index (χ4v) is 2.72. The molecule has 3 rings (SSSR count). The number of rotatable bonds is 4. The fourth-order valence-electron chi connectivity index (χ4n) is 2.72. The molecule has 6 nitrogen and oxygen atoms in total. The Hall–Kier alpha value is -2.41. The van der Waals surface area contributed by atoms with Gasteiger partial charge in [-0.2, -0.15) is 0 Å². The van der Waals surface area contributed by atoms with Crippen molar-refractivity contribution >= 4 is 5.91 Å².